The normalized spacial score (nSPS) is 32.1. The second-order valence-electron chi connectivity index (χ2n) is 9.19. The Kier molecular flexibility index (Phi) is 5.41. The molecule has 2 bridgehead atoms. The zero-order valence-electron chi connectivity index (χ0n) is 18.6. The number of nitrogens with one attached hydrogen (secondary N) is 1. The van der Waals surface area contributed by atoms with Crippen LogP contribution in [0.4, 0.5) is 4.39 Å². The van der Waals surface area contributed by atoms with Crippen LogP contribution in [0.15, 0.2) is 30.5 Å². The minimum absolute atomic E-state index is 0.0785. The highest BCUT2D eigenvalue weighted by molar-refractivity contribution is 7.16. The number of fused-ring (bicyclic) bond motifs is 2. The largest absolute Gasteiger partial charge is 0.507 e. The van der Waals surface area contributed by atoms with Crippen molar-refractivity contribution in [2.24, 2.45) is 17.8 Å². The number of ether oxygens (including phenoxy) is 1. The van der Waals surface area contributed by atoms with E-state index in [2.05, 4.69) is 41.4 Å². The monoisotopic (exact) mass is 457 g/mol. The van der Waals surface area contributed by atoms with Crippen LogP contribution >= 0.6 is 11.3 Å². The zero-order chi connectivity index (χ0) is 22.6. The highest BCUT2D eigenvalue weighted by Crippen LogP contribution is 2.41. The standard InChI is InChI=1S/C23H28FN5O2S/c1-11-7-8-29(28-11)15-5-6-16(18(30)9-15)22-26-27-23(32-22)31-19-10-17-13(3)12(2)14(4)21(25-17)20(19)24/h5-9,12-14,17,19-21,25,30H,10H2,1-4H3. The fraction of sp³-hybridized carbons (Fsp3) is 0.522. The van der Waals surface area contributed by atoms with E-state index < -0.39 is 12.3 Å². The van der Waals surface area contributed by atoms with Gasteiger partial charge in [0.2, 0.25) is 0 Å². The lowest BCUT2D eigenvalue weighted by Crippen LogP contribution is -2.66. The third-order valence-electron chi connectivity index (χ3n) is 7.31. The molecule has 2 aliphatic rings. The number of piperidine rings is 2. The van der Waals surface area contributed by atoms with Gasteiger partial charge in [-0.25, -0.2) is 9.07 Å². The van der Waals surface area contributed by atoms with Crippen molar-refractivity contribution in [3.63, 3.8) is 0 Å². The van der Waals surface area contributed by atoms with Crippen LogP contribution in [0.5, 0.6) is 10.9 Å². The predicted molar refractivity (Wildman–Crippen MR) is 121 cm³/mol. The van der Waals surface area contributed by atoms with Crippen molar-refractivity contribution in [2.75, 3.05) is 0 Å². The SMILES string of the molecule is Cc1ccn(-c2ccc(-c3nnc(OC4CC5NC(C(C)C(C)C5C)C4F)s3)c(O)c2)n1. The average molecular weight is 458 g/mol. The van der Waals surface area contributed by atoms with E-state index in [1.54, 1.807) is 16.8 Å². The molecule has 0 saturated carbocycles. The van der Waals surface area contributed by atoms with Crippen LogP contribution in [0.1, 0.15) is 32.9 Å². The highest BCUT2D eigenvalue weighted by Gasteiger charge is 2.49. The van der Waals surface area contributed by atoms with Crippen molar-refractivity contribution in [1.82, 2.24) is 25.3 Å². The van der Waals surface area contributed by atoms with Crippen LogP contribution in [0.25, 0.3) is 16.3 Å². The molecule has 7 nitrogen and oxygen atoms in total. The van der Waals surface area contributed by atoms with Gasteiger partial charge in [-0.15, -0.1) is 5.10 Å². The van der Waals surface area contributed by atoms with Crippen LogP contribution in [0.3, 0.4) is 0 Å². The molecule has 2 fully saturated rings. The van der Waals surface area contributed by atoms with Crippen LogP contribution in [0.2, 0.25) is 0 Å². The van der Waals surface area contributed by atoms with Gasteiger partial charge >= 0.3 is 0 Å². The Hall–Kier alpha value is -2.52. The number of hydrogen-bond donors (Lipinski definition) is 2. The first-order valence-electron chi connectivity index (χ1n) is 11.1. The molecule has 2 N–H and O–H groups in total. The first kappa shape index (κ1) is 21.3. The van der Waals surface area contributed by atoms with E-state index in [4.69, 9.17) is 4.74 Å². The van der Waals surface area contributed by atoms with E-state index in [-0.39, 0.29) is 23.8 Å². The molecule has 2 aromatic heterocycles. The van der Waals surface area contributed by atoms with Gasteiger partial charge in [0, 0.05) is 30.8 Å². The maximum Gasteiger partial charge on any atom is 0.294 e. The van der Waals surface area contributed by atoms with Crippen LogP contribution in [0, 0.1) is 24.7 Å². The summed E-state index contributed by atoms with van der Waals surface area (Å²) in [5, 5.41) is 27.6. The Labute approximate surface area is 190 Å². The van der Waals surface area contributed by atoms with Gasteiger partial charge in [-0.3, -0.25) is 0 Å². The maximum atomic E-state index is 15.3. The molecular formula is C23H28FN5O2S. The zero-order valence-corrected chi connectivity index (χ0v) is 19.4. The third-order valence-corrected chi connectivity index (χ3v) is 8.16. The molecule has 3 aromatic rings. The van der Waals surface area contributed by atoms with Crippen molar-refractivity contribution in [2.45, 2.75) is 58.5 Å². The molecular weight excluding hydrogens is 429 g/mol. The van der Waals surface area contributed by atoms with Crippen molar-refractivity contribution >= 4 is 11.3 Å². The smallest absolute Gasteiger partial charge is 0.294 e. The molecule has 0 spiro atoms. The topological polar surface area (TPSA) is 85.1 Å². The summed E-state index contributed by atoms with van der Waals surface area (Å²) in [6, 6.07) is 7.20. The van der Waals surface area contributed by atoms with Gasteiger partial charge in [0.15, 0.2) is 11.2 Å². The van der Waals surface area contributed by atoms with E-state index in [0.717, 1.165) is 11.4 Å². The minimum atomic E-state index is -1.10. The Morgan fingerprint density at radius 2 is 1.97 bits per heavy atom. The summed E-state index contributed by atoms with van der Waals surface area (Å²) < 4.78 is 23.0. The molecule has 170 valence electrons. The van der Waals surface area contributed by atoms with Gasteiger partial charge in [-0.1, -0.05) is 37.2 Å². The molecule has 5 rings (SSSR count). The second-order valence-corrected chi connectivity index (χ2v) is 10.1. The van der Waals surface area contributed by atoms with Crippen molar-refractivity contribution in [3.8, 4) is 27.2 Å². The van der Waals surface area contributed by atoms with Gasteiger partial charge in [-0.05, 0) is 42.9 Å². The summed E-state index contributed by atoms with van der Waals surface area (Å²) in [4.78, 5) is 0. The molecule has 9 heteroatoms. The van der Waals surface area contributed by atoms with Crippen molar-refractivity contribution in [1.29, 1.82) is 0 Å². The lowest BCUT2D eigenvalue weighted by molar-refractivity contribution is -0.0457. The Morgan fingerprint density at radius 3 is 2.69 bits per heavy atom. The number of aryl methyl sites for hydroxylation is 1. The highest BCUT2D eigenvalue weighted by atomic mass is 32.1. The summed E-state index contributed by atoms with van der Waals surface area (Å²) in [7, 11) is 0. The number of phenolic OH excluding ortho intramolecular Hbond substituents is 1. The summed E-state index contributed by atoms with van der Waals surface area (Å²) in [5.41, 5.74) is 2.20. The van der Waals surface area contributed by atoms with Crippen LogP contribution < -0.4 is 10.1 Å². The minimum Gasteiger partial charge on any atom is -0.507 e. The first-order valence-corrected chi connectivity index (χ1v) is 11.9. The molecule has 32 heavy (non-hydrogen) atoms. The van der Waals surface area contributed by atoms with E-state index in [0.29, 0.717) is 34.0 Å². The lowest BCUT2D eigenvalue weighted by Gasteiger charge is -2.51. The predicted octanol–water partition coefficient (Wildman–Crippen LogP) is 4.14. The number of aromatic hydroxyl groups is 1. The third kappa shape index (κ3) is 3.67. The molecule has 2 aliphatic heterocycles. The molecule has 1 aromatic carbocycles. The van der Waals surface area contributed by atoms with Gasteiger partial charge in [0.05, 0.1) is 16.9 Å². The molecule has 0 amide bonds. The number of nitrogens with zero attached hydrogens (tertiary/aromatic N) is 4. The lowest BCUT2D eigenvalue weighted by atomic mass is 9.67. The summed E-state index contributed by atoms with van der Waals surface area (Å²) >= 11 is 1.22. The van der Waals surface area contributed by atoms with Gasteiger partial charge in [0.25, 0.3) is 5.19 Å². The Morgan fingerprint density at radius 1 is 1.16 bits per heavy atom. The van der Waals surface area contributed by atoms with E-state index in [1.807, 2.05) is 25.3 Å². The fourth-order valence-corrected chi connectivity index (χ4v) is 5.79. The first-order chi connectivity index (χ1) is 15.3. The van der Waals surface area contributed by atoms with Gasteiger partial charge in [0.1, 0.15) is 11.9 Å². The quantitative estimate of drug-likeness (QED) is 0.613. The summed E-state index contributed by atoms with van der Waals surface area (Å²) in [6.07, 6.45) is 0.788. The Balaban J connectivity index is 1.33. The Bertz CT molecular complexity index is 1120. The average Bonchev–Trinajstić information content (AvgIpc) is 3.42. The number of phenols is 1. The molecule has 7 unspecified atom stereocenters. The number of benzene rings is 1. The summed E-state index contributed by atoms with van der Waals surface area (Å²) in [6.45, 7) is 8.47. The van der Waals surface area contributed by atoms with E-state index >= 15 is 4.39 Å². The van der Waals surface area contributed by atoms with E-state index in [1.165, 1.54) is 11.3 Å². The summed E-state index contributed by atoms with van der Waals surface area (Å²) in [5.74, 6) is 1.24. The number of aromatic nitrogens is 4. The number of alkyl halides is 1. The molecule has 2 saturated heterocycles. The number of hydrogen-bond acceptors (Lipinski definition) is 7. The number of halogens is 1. The molecule has 7 atom stereocenters. The van der Waals surface area contributed by atoms with E-state index in [9.17, 15) is 5.11 Å². The number of rotatable bonds is 4. The van der Waals surface area contributed by atoms with Crippen LogP contribution in [-0.2, 0) is 0 Å². The van der Waals surface area contributed by atoms with Crippen LogP contribution in [-0.4, -0.2) is 49.4 Å². The van der Waals surface area contributed by atoms with Crippen molar-refractivity contribution < 1.29 is 14.2 Å². The second kappa shape index (κ2) is 8.12. The van der Waals surface area contributed by atoms with Gasteiger partial charge in [-0.2, -0.15) is 5.10 Å². The van der Waals surface area contributed by atoms with Crippen molar-refractivity contribution in [3.05, 3.63) is 36.2 Å². The fourth-order valence-electron chi connectivity index (χ4n) is 5.01. The van der Waals surface area contributed by atoms with Gasteiger partial charge < -0.3 is 15.2 Å². The maximum absolute atomic E-state index is 15.3. The molecule has 0 aliphatic carbocycles. The molecule has 4 heterocycles. The molecule has 0 radical (unpaired) electrons.